The minimum atomic E-state index is -4.48. The van der Waals surface area contributed by atoms with Gasteiger partial charge in [0.25, 0.3) is 0 Å². The summed E-state index contributed by atoms with van der Waals surface area (Å²) in [7, 11) is 0. The van der Waals surface area contributed by atoms with E-state index in [-0.39, 0.29) is 23.9 Å². The van der Waals surface area contributed by atoms with E-state index in [1.165, 1.54) is 16.5 Å². The second-order valence-electron chi connectivity index (χ2n) is 6.44. The average molecular weight is 398 g/mol. The van der Waals surface area contributed by atoms with Crippen molar-refractivity contribution in [1.82, 2.24) is 4.90 Å². The predicted octanol–water partition coefficient (Wildman–Crippen LogP) is 4.55. The summed E-state index contributed by atoms with van der Waals surface area (Å²) in [5.74, 6) is -0.105. The van der Waals surface area contributed by atoms with Gasteiger partial charge in [0, 0.05) is 18.0 Å². The Hall–Kier alpha value is -2.06. The van der Waals surface area contributed by atoms with Crippen LogP contribution < -0.4 is 10.1 Å². The number of hydrogen-bond donors (Lipinski definition) is 1. The van der Waals surface area contributed by atoms with E-state index in [9.17, 15) is 18.0 Å². The molecular formula is C19H21F3N2O2S. The van der Waals surface area contributed by atoms with Gasteiger partial charge in [-0.05, 0) is 48.1 Å². The SMILES string of the molecule is CCCOc1ccc(C(F)(F)F)cc1NC(=O)CN1CCc2sccc2C1. The van der Waals surface area contributed by atoms with Gasteiger partial charge in [-0.1, -0.05) is 6.92 Å². The number of nitrogens with zero attached hydrogens (tertiary/aromatic N) is 1. The summed E-state index contributed by atoms with van der Waals surface area (Å²) in [4.78, 5) is 15.8. The second kappa shape index (κ2) is 8.31. The van der Waals surface area contributed by atoms with Crippen LogP contribution in [0.4, 0.5) is 18.9 Å². The molecule has 1 aliphatic rings. The van der Waals surface area contributed by atoms with Gasteiger partial charge in [0.05, 0.1) is 24.4 Å². The van der Waals surface area contributed by atoms with Gasteiger partial charge in [-0.15, -0.1) is 11.3 Å². The third-order valence-corrected chi connectivity index (χ3v) is 5.32. The number of amides is 1. The van der Waals surface area contributed by atoms with Crippen molar-refractivity contribution in [2.24, 2.45) is 0 Å². The molecule has 4 nitrogen and oxygen atoms in total. The third-order valence-electron chi connectivity index (χ3n) is 4.30. The highest BCUT2D eigenvalue weighted by atomic mass is 32.1. The molecule has 0 radical (unpaired) electrons. The molecule has 8 heteroatoms. The number of halogens is 3. The fourth-order valence-electron chi connectivity index (χ4n) is 2.98. The molecular weight excluding hydrogens is 377 g/mol. The molecule has 3 rings (SSSR count). The summed E-state index contributed by atoms with van der Waals surface area (Å²) in [6.07, 6.45) is -2.88. The van der Waals surface area contributed by atoms with Crippen LogP contribution in [0.15, 0.2) is 29.6 Å². The van der Waals surface area contributed by atoms with Gasteiger partial charge in [-0.3, -0.25) is 9.69 Å². The molecule has 1 aliphatic heterocycles. The van der Waals surface area contributed by atoms with Gasteiger partial charge < -0.3 is 10.1 Å². The maximum absolute atomic E-state index is 13.0. The van der Waals surface area contributed by atoms with Gasteiger partial charge in [0.1, 0.15) is 5.75 Å². The van der Waals surface area contributed by atoms with Crippen molar-refractivity contribution in [3.63, 3.8) is 0 Å². The first kappa shape index (κ1) is 19.7. The van der Waals surface area contributed by atoms with E-state index in [0.29, 0.717) is 19.6 Å². The molecule has 27 heavy (non-hydrogen) atoms. The van der Waals surface area contributed by atoms with Crippen molar-refractivity contribution >= 4 is 22.9 Å². The number of carbonyl (C=O) groups excluding carboxylic acids is 1. The van der Waals surface area contributed by atoms with Crippen molar-refractivity contribution in [3.8, 4) is 5.75 Å². The maximum atomic E-state index is 13.0. The standard InChI is InChI=1S/C19H21F3N2O2S/c1-2-8-26-16-4-3-14(19(20,21)22)10-15(16)23-18(25)12-24-7-5-17-13(11-24)6-9-27-17/h3-4,6,9-10H,2,5,7-8,11-12H2,1H3,(H,23,25). The Kier molecular flexibility index (Phi) is 6.06. The molecule has 0 unspecified atom stereocenters. The lowest BCUT2D eigenvalue weighted by Gasteiger charge is -2.26. The summed E-state index contributed by atoms with van der Waals surface area (Å²) in [5, 5.41) is 4.63. The first-order valence-electron chi connectivity index (χ1n) is 8.78. The molecule has 1 aromatic carbocycles. The van der Waals surface area contributed by atoms with Crippen LogP contribution in [0.5, 0.6) is 5.75 Å². The average Bonchev–Trinajstić information content (AvgIpc) is 3.07. The van der Waals surface area contributed by atoms with E-state index < -0.39 is 11.7 Å². The van der Waals surface area contributed by atoms with E-state index in [1.54, 1.807) is 11.3 Å². The molecule has 1 N–H and O–H groups in total. The van der Waals surface area contributed by atoms with Crippen LogP contribution in [-0.4, -0.2) is 30.5 Å². The number of rotatable bonds is 6. The highest BCUT2D eigenvalue weighted by Crippen LogP contribution is 2.35. The number of carbonyl (C=O) groups is 1. The molecule has 2 heterocycles. The molecule has 0 fully saturated rings. The summed E-state index contributed by atoms with van der Waals surface area (Å²) in [6.45, 7) is 3.81. The predicted molar refractivity (Wildman–Crippen MR) is 99.2 cm³/mol. The molecule has 146 valence electrons. The highest BCUT2D eigenvalue weighted by molar-refractivity contribution is 7.10. The van der Waals surface area contributed by atoms with Crippen LogP contribution in [0.25, 0.3) is 0 Å². The van der Waals surface area contributed by atoms with Gasteiger partial charge >= 0.3 is 6.18 Å². The van der Waals surface area contributed by atoms with Crippen molar-refractivity contribution < 1.29 is 22.7 Å². The zero-order valence-electron chi connectivity index (χ0n) is 14.9. The molecule has 0 saturated carbocycles. The van der Waals surface area contributed by atoms with Crippen LogP contribution in [0.2, 0.25) is 0 Å². The Bertz CT molecular complexity index is 804. The summed E-state index contributed by atoms with van der Waals surface area (Å²) in [5.41, 5.74) is 0.448. The molecule has 0 spiro atoms. The zero-order chi connectivity index (χ0) is 19.4. The zero-order valence-corrected chi connectivity index (χ0v) is 15.8. The minimum absolute atomic E-state index is 0.0523. The van der Waals surface area contributed by atoms with Gasteiger partial charge in [0.15, 0.2) is 0 Å². The molecule has 0 aliphatic carbocycles. The number of anilines is 1. The topological polar surface area (TPSA) is 41.6 Å². The van der Waals surface area contributed by atoms with E-state index in [4.69, 9.17) is 4.74 Å². The normalized spacial score (nSPS) is 14.7. The number of nitrogens with one attached hydrogen (secondary N) is 1. The van der Waals surface area contributed by atoms with Crippen molar-refractivity contribution in [2.45, 2.75) is 32.5 Å². The number of thiophene rings is 1. The van der Waals surface area contributed by atoms with Crippen molar-refractivity contribution in [2.75, 3.05) is 25.0 Å². The van der Waals surface area contributed by atoms with Crippen LogP contribution >= 0.6 is 11.3 Å². The molecule has 0 saturated heterocycles. The van der Waals surface area contributed by atoms with E-state index in [2.05, 4.69) is 5.32 Å². The van der Waals surface area contributed by atoms with Crippen molar-refractivity contribution in [3.05, 3.63) is 45.6 Å². The molecule has 1 amide bonds. The summed E-state index contributed by atoms with van der Waals surface area (Å²) >= 11 is 1.71. The number of benzene rings is 1. The summed E-state index contributed by atoms with van der Waals surface area (Å²) in [6, 6.07) is 5.19. The lowest BCUT2D eigenvalue weighted by atomic mass is 10.1. The Morgan fingerprint density at radius 3 is 2.89 bits per heavy atom. The minimum Gasteiger partial charge on any atom is -0.491 e. The monoisotopic (exact) mass is 398 g/mol. The van der Waals surface area contributed by atoms with E-state index in [0.717, 1.165) is 25.1 Å². The highest BCUT2D eigenvalue weighted by Gasteiger charge is 2.31. The van der Waals surface area contributed by atoms with Gasteiger partial charge in [-0.25, -0.2) is 0 Å². The Labute approximate surface area is 159 Å². The fourth-order valence-corrected chi connectivity index (χ4v) is 3.87. The number of alkyl halides is 3. The lowest BCUT2D eigenvalue weighted by Crippen LogP contribution is -2.36. The Balaban J connectivity index is 1.70. The van der Waals surface area contributed by atoms with Gasteiger partial charge in [0.2, 0.25) is 5.91 Å². The molecule has 2 aromatic rings. The Morgan fingerprint density at radius 2 is 2.15 bits per heavy atom. The number of hydrogen-bond acceptors (Lipinski definition) is 4. The Morgan fingerprint density at radius 1 is 1.33 bits per heavy atom. The van der Waals surface area contributed by atoms with Crippen LogP contribution in [-0.2, 0) is 23.9 Å². The van der Waals surface area contributed by atoms with Crippen LogP contribution in [0.3, 0.4) is 0 Å². The number of ether oxygens (including phenoxy) is 1. The smallest absolute Gasteiger partial charge is 0.416 e. The third kappa shape index (κ3) is 5.01. The summed E-state index contributed by atoms with van der Waals surface area (Å²) < 4.78 is 44.5. The van der Waals surface area contributed by atoms with Gasteiger partial charge in [-0.2, -0.15) is 13.2 Å². The molecule has 1 aromatic heterocycles. The number of fused-ring (bicyclic) bond motifs is 1. The quantitative estimate of drug-likeness (QED) is 0.776. The first-order valence-corrected chi connectivity index (χ1v) is 9.66. The second-order valence-corrected chi connectivity index (χ2v) is 7.44. The van der Waals surface area contributed by atoms with E-state index in [1.807, 2.05) is 23.3 Å². The lowest BCUT2D eigenvalue weighted by molar-refractivity contribution is -0.137. The molecule has 0 bridgehead atoms. The largest absolute Gasteiger partial charge is 0.491 e. The first-order chi connectivity index (χ1) is 12.9. The van der Waals surface area contributed by atoms with Crippen LogP contribution in [0.1, 0.15) is 29.3 Å². The van der Waals surface area contributed by atoms with Crippen LogP contribution in [0, 0.1) is 0 Å². The molecule has 0 atom stereocenters. The van der Waals surface area contributed by atoms with Crippen molar-refractivity contribution in [1.29, 1.82) is 0 Å². The van der Waals surface area contributed by atoms with E-state index >= 15 is 0 Å². The maximum Gasteiger partial charge on any atom is 0.416 e. The fraction of sp³-hybridized carbons (Fsp3) is 0.421.